The molecule has 1 rings (SSSR count). The molecule has 1 saturated heterocycles. The van der Waals surface area contributed by atoms with Gasteiger partial charge in [0, 0.05) is 13.7 Å². The molecule has 1 heterocycles. The van der Waals surface area contributed by atoms with Crippen molar-refractivity contribution in [3.8, 4) is 0 Å². The third-order valence-corrected chi connectivity index (χ3v) is 2.85. The first-order valence-corrected chi connectivity index (χ1v) is 5.73. The number of carbonyl (C=O) groups excluding carboxylic acids is 1. The second-order valence-corrected chi connectivity index (χ2v) is 4.10. The first kappa shape index (κ1) is 13.4. The Hall–Kier alpha value is -0.650. The molecule has 16 heavy (non-hydrogen) atoms. The summed E-state index contributed by atoms with van der Waals surface area (Å²) in [7, 11) is 3.60. The summed E-state index contributed by atoms with van der Waals surface area (Å²) in [6.45, 7) is 5.81. The number of likely N-dealkylation sites (N-methyl/N-ethyl adjacent to an activating group) is 1. The van der Waals surface area contributed by atoms with E-state index in [1.165, 1.54) is 0 Å². The Labute approximate surface area is 97.3 Å². The zero-order valence-electron chi connectivity index (χ0n) is 10.4. The number of amides is 1. The van der Waals surface area contributed by atoms with Crippen LogP contribution in [-0.2, 0) is 14.3 Å². The van der Waals surface area contributed by atoms with Crippen LogP contribution in [0.4, 0.5) is 0 Å². The lowest BCUT2D eigenvalue weighted by Crippen LogP contribution is -2.53. The number of nitrogens with zero attached hydrogens (tertiary/aromatic N) is 2. The SMILES string of the molecule is CCN(C)CC(=O)N1CCOC[C@@H]1COC. The molecule has 0 aromatic carbocycles. The molecule has 0 N–H and O–H groups in total. The molecule has 0 spiro atoms. The molecular weight excluding hydrogens is 208 g/mol. The summed E-state index contributed by atoms with van der Waals surface area (Å²) in [5, 5.41) is 0. The Kier molecular flexibility index (Phi) is 5.73. The molecule has 0 saturated carbocycles. The lowest BCUT2D eigenvalue weighted by atomic mass is 10.2. The molecule has 1 fully saturated rings. The van der Waals surface area contributed by atoms with Gasteiger partial charge < -0.3 is 14.4 Å². The van der Waals surface area contributed by atoms with Gasteiger partial charge in [0.05, 0.1) is 32.4 Å². The van der Waals surface area contributed by atoms with Crippen molar-refractivity contribution in [3.63, 3.8) is 0 Å². The van der Waals surface area contributed by atoms with Gasteiger partial charge in [0.15, 0.2) is 0 Å². The summed E-state index contributed by atoms with van der Waals surface area (Å²) in [5.41, 5.74) is 0. The molecule has 1 atom stereocenters. The highest BCUT2D eigenvalue weighted by molar-refractivity contribution is 5.78. The fraction of sp³-hybridized carbons (Fsp3) is 0.909. The van der Waals surface area contributed by atoms with Gasteiger partial charge in [-0.1, -0.05) is 6.92 Å². The maximum atomic E-state index is 12.0. The van der Waals surface area contributed by atoms with Gasteiger partial charge in [0.1, 0.15) is 0 Å². The van der Waals surface area contributed by atoms with Crippen LogP contribution < -0.4 is 0 Å². The zero-order valence-corrected chi connectivity index (χ0v) is 10.4. The molecule has 0 radical (unpaired) electrons. The van der Waals surface area contributed by atoms with Crippen LogP contribution in [0.3, 0.4) is 0 Å². The average molecular weight is 230 g/mol. The van der Waals surface area contributed by atoms with Crippen LogP contribution >= 0.6 is 0 Å². The molecule has 94 valence electrons. The topological polar surface area (TPSA) is 42.0 Å². The highest BCUT2D eigenvalue weighted by atomic mass is 16.5. The van der Waals surface area contributed by atoms with Crippen LogP contribution in [0.5, 0.6) is 0 Å². The van der Waals surface area contributed by atoms with E-state index in [0.29, 0.717) is 32.9 Å². The van der Waals surface area contributed by atoms with E-state index in [4.69, 9.17) is 9.47 Å². The van der Waals surface area contributed by atoms with Crippen molar-refractivity contribution in [1.82, 2.24) is 9.80 Å². The summed E-state index contributed by atoms with van der Waals surface area (Å²) in [4.78, 5) is 15.9. The number of ether oxygens (including phenoxy) is 2. The highest BCUT2D eigenvalue weighted by Crippen LogP contribution is 2.08. The standard InChI is InChI=1S/C11H22N2O3/c1-4-12(2)7-11(14)13-5-6-16-9-10(13)8-15-3/h10H,4-9H2,1-3H3/t10-/m0/s1. The first-order chi connectivity index (χ1) is 7.69. The molecule has 0 aromatic rings. The van der Waals surface area contributed by atoms with Crippen LogP contribution in [0.25, 0.3) is 0 Å². The highest BCUT2D eigenvalue weighted by Gasteiger charge is 2.27. The number of morpholine rings is 1. The lowest BCUT2D eigenvalue weighted by molar-refractivity contribution is -0.142. The number of methoxy groups -OCH3 is 1. The Balaban J connectivity index is 2.50. The Morgan fingerprint density at radius 1 is 1.62 bits per heavy atom. The largest absolute Gasteiger partial charge is 0.382 e. The molecule has 0 aromatic heterocycles. The summed E-state index contributed by atoms with van der Waals surface area (Å²) >= 11 is 0. The van der Waals surface area contributed by atoms with E-state index in [2.05, 4.69) is 0 Å². The minimum Gasteiger partial charge on any atom is -0.382 e. The fourth-order valence-electron chi connectivity index (χ4n) is 1.75. The minimum absolute atomic E-state index is 0.0662. The van der Waals surface area contributed by atoms with Crippen LogP contribution in [0.1, 0.15) is 6.92 Å². The van der Waals surface area contributed by atoms with E-state index >= 15 is 0 Å². The normalized spacial score (nSPS) is 21.5. The second-order valence-electron chi connectivity index (χ2n) is 4.10. The summed E-state index contributed by atoms with van der Waals surface area (Å²) < 4.78 is 10.5. The van der Waals surface area contributed by atoms with E-state index in [1.807, 2.05) is 23.8 Å². The van der Waals surface area contributed by atoms with Crippen molar-refractivity contribution in [2.75, 3.05) is 53.6 Å². The predicted molar refractivity (Wildman–Crippen MR) is 61.4 cm³/mol. The maximum absolute atomic E-state index is 12.0. The van der Waals surface area contributed by atoms with Crippen molar-refractivity contribution in [1.29, 1.82) is 0 Å². The number of carbonyl (C=O) groups is 1. The van der Waals surface area contributed by atoms with Crippen LogP contribution in [-0.4, -0.2) is 75.4 Å². The molecule has 5 nitrogen and oxygen atoms in total. The van der Waals surface area contributed by atoms with Crippen molar-refractivity contribution in [3.05, 3.63) is 0 Å². The summed E-state index contributed by atoms with van der Waals surface area (Å²) in [6, 6.07) is 0.0662. The van der Waals surface area contributed by atoms with Gasteiger partial charge >= 0.3 is 0 Å². The molecule has 0 unspecified atom stereocenters. The van der Waals surface area contributed by atoms with Gasteiger partial charge in [0.25, 0.3) is 0 Å². The minimum atomic E-state index is 0.0662. The molecule has 1 amide bonds. The van der Waals surface area contributed by atoms with Crippen molar-refractivity contribution >= 4 is 5.91 Å². The van der Waals surface area contributed by atoms with Gasteiger partial charge in [-0.05, 0) is 13.6 Å². The maximum Gasteiger partial charge on any atom is 0.237 e. The Bertz CT molecular complexity index is 221. The molecule has 1 aliphatic heterocycles. The van der Waals surface area contributed by atoms with Gasteiger partial charge in [-0.3, -0.25) is 9.69 Å². The van der Waals surface area contributed by atoms with E-state index in [1.54, 1.807) is 7.11 Å². The van der Waals surface area contributed by atoms with Gasteiger partial charge in [-0.2, -0.15) is 0 Å². The number of hydrogen-bond donors (Lipinski definition) is 0. The zero-order chi connectivity index (χ0) is 12.0. The summed E-state index contributed by atoms with van der Waals surface area (Å²) in [5.74, 6) is 0.162. The average Bonchev–Trinajstić information content (AvgIpc) is 2.30. The van der Waals surface area contributed by atoms with Crippen molar-refractivity contribution in [2.24, 2.45) is 0 Å². The van der Waals surface area contributed by atoms with E-state index in [-0.39, 0.29) is 11.9 Å². The van der Waals surface area contributed by atoms with Crippen LogP contribution in [0.15, 0.2) is 0 Å². The van der Waals surface area contributed by atoms with E-state index in [0.717, 1.165) is 6.54 Å². The fourth-order valence-corrected chi connectivity index (χ4v) is 1.75. The van der Waals surface area contributed by atoms with Crippen LogP contribution in [0, 0.1) is 0 Å². The lowest BCUT2D eigenvalue weighted by Gasteiger charge is -2.36. The number of hydrogen-bond acceptors (Lipinski definition) is 4. The molecule has 1 aliphatic rings. The monoisotopic (exact) mass is 230 g/mol. The van der Waals surface area contributed by atoms with Gasteiger partial charge in [0.2, 0.25) is 5.91 Å². The third-order valence-electron chi connectivity index (χ3n) is 2.85. The summed E-state index contributed by atoms with van der Waals surface area (Å²) in [6.07, 6.45) is 0. The quantitative estimate of drug-likeness (QED) is 0.656. The van der Waals surface area contributed by atoms with E-state index in [9.17, 15) is 4.79 Å². The second kappa shape index (κ2) is 6.83. The van der Waals surface area contributed by atoms with E-state index < -0.39 is 0 Å². The van der Waals surface area contributed by atoms with Crippen molar-refractivity contribution < 1.29 is 14.3 Å². The molecule has 5 heteroatoms. The molecular formula is C11H22N2O3. The van der Waals surface area contributed by atoms with Crippen molar-refractivity contribution in [2.45, 2.75) is 13.0 Å². The molecule has 0 aliphatic carbocycles. The van der Waals surface area contributed by atoms with Gasteiger partial charge in [-0.25, -0.2) is 0 Å². The smallest absolute Gasteiger partial charge is 0.237 e. The molecule has 0 bridgehead atoms. The Morgan fingerprint density at radius 2 is 2.38 bits per heavy atom. The third kappa shape index (κ3) is 3.73. The first-order valence-electron chi connectivity index (χ1n) is 5.73. The predicted octanol–water partition coefficient (Wildman–Crippen LogP) is -0.188. The van der Waals surface area contributed by atoms with Crippen LogP contribution in [0.2, 0.25) is 0 Å². The number of rotatable bonds is 5. The van der Waals surface area contributed by atoms with Gasteiger partial charge in [-0.15, -0.1) is 0 Å². The Morgan fingerprint density at radius 3 is 3.00 bits per heavy atom.